The fraction of sp³-hybridized carbons (Fsp3) is 0.0833. The van der Waals surface area contributed by atoms with Crippen molar-refractivity contribution >= 4 is 5.97 Å². The monoisotopic (exact) mass is 201 g/mol. The molecule has 0 aliphatic heterocycles. The van der Waals surface area contributed by atoms with E-state index in [4.69, 9.17) is 5.11 Å². The van der Waals surface area contributed by atoms with Crippen LogP contribution in [0.5, 0.6) is 0 Å². The number of aromatic nitrogens is 1. The molecule has 0 atom stereocenters. The van der Waals surface area contributed by atoms with E-state index in [0.29, 0.717) is 11.3 Å². The Balaban J connectivity index is 2.58. The van der Waals surface area contributed by atoms with Crippen molar-refractivity contribution in [2.24, 2.45) is 0 Å². The molecule has 2 aromatic rings. The number of benzene rings is 1. The van der Waals surface area contributed by atoms with Gasteiger partial charge in [-0.3, -0.25) is 0 Å². The lowest BCUT2D eigenvalue weighted by Gasteiger charge is -1.99. The van der Waals surface area contributed by atoms with Gasteiger partial charge < -0.3 is 10.1 Å². The number of hydrogen-bond acceptors (Lipinski definition) is 1. The summed E-state index contributed by atoms with van der Waals surface area (Å²) in [5.41, 5.74) is 2.73. The minimum absolute atomic E-state index is 0.318. The Labute approximate surface area is 87.4 Å². The van der Waals surface area contributed by atoms with Gasteiger partial charge in [-0.05, 0) is 18.6 Å². The van der Waals surface area contributed by atoms with Crippen LogP contribution in [-0.2, 0) is 0 Å². The van der Waals surface area contributed by atoms with Crippen molar-refractivity contribution in [1.82, 2.24) is 4.98 Å². The Morgan fingerprint density at radius 2 is 1.93 bits per heavy atom. The van der Waals surface area contributed by atoms with Gasteiger partial charge in [0.25, 0.3) is 0 Å². The molecule has 0 saturated carbocycles. The van der Waals surface area contributed by atoms with Gasteiger partial charge in [0, 0.05) is 5.69 Å². The molecule has 76 valence electrons. The average Bonchev–Trinajstić information content (AvgIpc) is 2.62. The largest absolute Gasteiger partial charge is 0.478 e. The van der Waals surface area contributed by atoms with E-state index in [1.54, 1.807) is 6.07 Å². The number of rotatable bonds is 2. The van der Waals surface area contributed by atoms with Gasteiger partial charge >= 0.3 is 5.97 Å². The molecular formula is C12H11NO2. The molecule has 0 bridgehead atoms. The van der Waals surface area contributed by atoms with E-state index in [2.05, 4.69) is 4.98 Å². The highest BCUT2D eigenvalue weighted by molar-refractivity contribution is 5.95. The SMILES string of the molecule is Cc1cc(C(=O)O)c(-c2ccccc2)[nH]1. The van der Waals surface area contributed by atoms with Crippen LogP contribution in [0.15, 0.2) is 36.4 Å². The van der Waals surface area contributed by atoms with Crippen LogP contribution in [0.25, 0.3) is 11.3 Å². The lowest BCUT2D eigenvalue weighted by Crippen LogP contribution is -1.96. The normalized spacial score (nSPS) is 10.2. The Kier molecular flexibility index (Phi) is 2.29. The first-order chi connectivity index (χ1) is 7.18. The van der Waals surface area contributed by atoms with Crippen LogP contribution in [-0.4, -0.2) is 16.1 Å². The maximum absolute atomic E-state index is 11.0. The Morgan fingerprint density at radius 3 is 2.53 bits per heavy atom. The number of carbonyl (C=O) groups is 1. The summed E-state index contributed by atoms with van der Waals surface area (Å²) in [6.07, 6.45) is 0. The molecule has 15 heavy (non-hydrogen) atoms. The summed E-state index contributed by atoms with van der Waals surface area (Å²) in [5.74, 6) is -0.904. The van der Waals surface area contributed by atoms with Crippen LogP contribution >= 0.6 is 0 Å². The minimum Gasteiger partial charge on any atom is -0.478 e. The third-order valence-electron chi connectivity index (χ3n) is 2.25. The number of H-pyrrole nitrogens is 1. The predicted octanol–water partition coefficient (Wildman–Crippen LogP) is 2.69. The van der Waals surface area contributed by atoms with Crippen molar-refractivity contribution < 1.29 is 9.90 Å². The highest BCUT2D eigenvalue weighted by atomic mass is 16.4. The summed E-state index contributed by atoms with van der Waals surface area (Å²) in [7, 11) is 0. The van der Waals surface area contributed by atoms with Crippen molar-refractivity contribution in [1.29, 1.82) is 0 Å². The smallest absolute Gasteiger partial charge is 0.337 e. The molecule has 0 aliphatic rings. The van der Waals surface area contributed by atoms with Crippen LogP contribution < -0.4 is 0 Å². The number of hydrogen-bond donors (Lipinski definition) is 2. The Hall–Kier alpha value is -2.03. The second-order valence-electron chi connectivity index (χ2n) is 3.41. The van der Waals surface area contributed by atoms with Crippen LogP contribution in [0, 0.1) is 6.92 Å². The van der Waals surface area contributed by atoms with E-state index in [1.807, 2.05) is 37.3 Å². The number of nitrogens with one attached hydrogen (secondary N) is 1. The maximum Gasteiger partial charge on any atom is 0.337 e. The Bertz CT molecular complexity index is 486. The van der Waals surface area contributed by atoms with Gasteiger partial charge in [-0.2, -0.15) is 0 Å². The van der Waals surface area contributed by atoms with Crippen molar-refractivity contribution in [2.75, 3.05) is 0 Å². The zero-order valence-electron chi connectivity index (χ0n) is 8.32. The number of aryl methyl sites for hydroxylation is 1. The van der Waals surface area contributed by atoms with E-state index in [1.165, 1.54) is 0 Å². The van der Waals surface area contributed by atoms with E-state index in [0.717, 1.165) is 11.3 Å². The van der Waals surface area contributed by atoms with Crippen molar-refractivity contribution in [2.45, 2.75) is 6.92 Å². The first-order valence-corrected chi connectivity index (χ1v) is 4.67. The standard InChI is InChI=1S/C12H11NO2/c1-8-7-10(12(14)15)11(13-8)9-5-3-2-4-6-9/h2-7,13H,1H3,(H,14,15). The highest BCUT2D eigenvalue weighted by Crippen LogP contribution is 2.23. The van der Waals surface area contributed by atoms with E-state index in [-0.39, 0.29) is 0 Å². The number of carboxylic acids is 1. The molecule has 0 saturated heterocycles. The van der Waals surface area contributed by atoms with Gasteiger partial charge in [0.05, 0.1) is 11.3 Å². The topological polar surface area (TPSA) is 53.1 Å². The van der Waals surface area contributed by atoms with Gasteiger partial charge in [-0.1, -0.05) is 30.3 Å². The van der Waals surface area contributed by atoms with Gasteiger partial charge in [0.2, 0.25) is 0 Å². The summed E-state index contributed by atoms with van der Waals surface area (Å²) in [4.78, 5) is 14.0. The summed E-state index contributed by atoms with van der Waals surface area (Å²) < 4.78 is 0. The third-order valence-corrected chi connectivity index (χ3v) is 2.25. The van der Waals surface area contributed by atoms with Crippen LogP contribution in [0.2, 0.25) is 0 Å². The molecular weight excluding hydrogens is 190 g/mol. The lowest BCUT2D eigenvalue weighted by atomic mass is 10.1. The molecule has 3 nitrogen and oxygen atoms in total. The fourth-order valence-corrected chi connectivity index (χ4v) is 1.59. The molecule has 2 N–H and O–H groups in total. The molecule has 0 fully saturated rings. The third kappa shape index (κ3) is 1.76. The lowest BCUT2D eigenvalue weighted by molar-refractivity contribution is 0.0698. The fourth-order valence-electron chi connectivity index (χ4n) is 1.59. The zero-order valence-corrected chi connectivity index (χ0v) is 8.32. The Morgan fingerprint density at radius 1 is 1.27 bits per heavy atom. The highest BCUT2D eigenvalue weighted by Gasteiger charge is 2.13. The van der Waals surface area contributed by atoms with Crippen LogP contribution in [0.3, 0.4) is 0 Å². The van der Waals surface area contributed by atoms with Gasteiger partial charge in [-0.15, -0.1) is 0 Å². The number of aromatic carboxylic acids is 1. The summed E-state index contributed by atoms with van der Waals surface area (Å²) in [6.45, 7) is 1.85. The van der Waals surface area contributed by atoms with Crippen molar-refractivity contribution in [3.8, 4) is 11.3 Å². The first-order valence-electron chi connectivity index (χ1n) is 4.67. The molecule has 0 aliphatic carbocycles. The summed E-state index contributed by atoms with van der Waals surface area (Å²) >= 11 is 0. The number of aromatic amines is 1. The molecule has 3 heteroatoms. The minimum atomic E-state index is -0.904. The molecule has 0 unspecified atom stereocenters. The van der Waals surface area contributed by atoms with Crippen molar-refractivity contribution in [3.05, 3.63) is 47.7 Å². The number of carboxylic acid groups (broad SMARTS) is 1. The van der Waals surface area contributed by atoms with E-state index in [9.17, 15) is 4.79 Å². The first kappa shape index (κ1) is 9.52. The molecule has 2 rings (SSSR count). The maximum atomic E-state index is 11.0. The van der Waals surface area contributed by atoms with Crippen LogP contribution in [0.1, 0.15) is 16.1 Å². The summed E-state index contributed by atoms with van der Waals surface area (Å²) in [5, 5.41) is 9.02. The predicted molar refractivity (Wildman–Crippen MR) is 57.9 cm³/mol. The zero-order chi connectivity index (χ0) is 10.8. The van der Waals surface area contributed by atoms with Gasteiger partial charge in [-0.25, -0.2) is 4.79 Å². The molecule has 0 amide bonds. The second kappa shape index (κ2) is 3.61. The molecule has 1 heterocycles. The van der Waals surface area contributed by atoms with Crippen LogP contribution in [0.4, 0.5) is 0 Å². The van der Waals surface area contributed by atoms with Gasteiger partial charge in [0.1, 0.15) is 0 Å². The molecule has 1 aromatic carbocycles. The van der Waals surface area contributed by atoms with E-state index < -0.39 is 5.97 Å². The second-order valence-corrected chi connectivity index (χ2v) is 3.41. The average molecular weight is 201 g/mol. The molecule has 1 aromatic heterocycles. The van der Waals surface area contributed by atoms with Crippen molar-refractivity contribution in [3.63, 3.8) is 0 Å². The summed E-state index contributed by atoms with van der Waals surface area (Å²) in [6, 6.07) is 11.1. The van der Waals surface area contributed by atoms with Gasteiger partial charge in [0.15, 0.2) is 0 Å². The molecule has 0 spiro atoms. The quantitative estimate of drug-likeness (QED) is 0.784. The van der Waals surface area contributed by atoms with E-state index >= 15 is 0 Å². The molecule has 0 radical (unpaired) electrons.